The van der Waals surface area contributed by atoms with E-state index in [-0.39, 0.29) is 0 Å². The molecule has 0 N–H and O–H groups in total. The van der Waals surface area contributed by atoms with Gasteiger partial charge in [0.05, 0.1) is 7.11 Å². The summed E-state index contributed by atoms with van der Waals surface area (Å²) in [5, 5.41) is 0. The third-order valence-corrected chi connectivity index (χ3v) is 3.12. The molecule has 1 fully saturated rings. The highest BCUT2D eigenvalue weighted by Gasteiger charge is 2.18. The molecule has 1 aromatic rings. The lowest BCUT2D eigenvalue weighted by molar-refractivity contribution is 0.387. The molecule has 0 atom stereocenters. The van der Waals surface area contributed by atoms with E-state index in [2.05, 4.69) is 12.1 Å². The first-order valence-electron chi connectivity index (χ1n) is 5.46. The van der Waals surface area contributed by atoms with Crippen LogP contribution >= 0.6 is 0 Å². The van der Waals surface area contributed by atoms with Crippen molar-refractivity contribution in [2.75, 3.05) is 7.11 Å². The van der Waals surface area contributed by atoms with Gasteiger partial charge in [-0.1, -0.05) is 25.3 Å². The van der Waals surface area contributed by atoms with E-state index in [0.717, 1.165) is 5.75 Å². The number of hydrogen-bond donors (Lipinski definition) is 0. The van der Waals surface area contributed by atoms with Crippen LogP contribution in [0.3, 0.4) is 0 Å². The van der Waals surface area contributed by atoms with Gasteiger partial charge in [-0.15, -0.1) is 0 Å². The zero-order valence-electron chi connectivity index (χ0n) is 8.75. The molecule has 1 saturated carbocycles. The number of rotatable bonds is 2. The molecular formula is C13H17O. The maximum atomic E-state index is 5.38. The van der Waals surface area contributed by atoms with Crippen molar-refractivity contribution in [1.82, 2.24) is 0 Å². The molecular weight excluding hydrogens is 172 g/mol. The second-order valence-electron chi connectivity index (χ2n) is 4.00. The summed E-state index contributed by atoms with van der Waals surface area (Å²) in [4.78, 5) is 0. The predicted molar refractivity (Wildman–Crippen MR) is 57.7 cm³/mol. The zero-order chi connectivity index (χ0) is 9.80. The van der Waals surface area contributed by atoms with Crippen LogP contribution in [0.4, 0.5) is 0 Å². The van der Waals surface area contributed by atoms with Crippen LogP contribution in [-0.4, -0.2) is 7.11 Å². The van der Waals surface area contributed by atoms with Gasteiger partial charge >= 0.3 is 0 Å². The van der Waals surface area contributed by atoms with Crippen LogP contribution in [0.5, 0.6) is 5.75 Å². The Labute approximate surface area is 86.1 Å². The third kappa shape index (κ3) is 1.92. The molecule has 0 unspecified atom stereocenters. The molecule has 0 aromatic heterocycles. The summed E-state index contributed by atoms with van der Waals surface area (Å²) in [5.41, 5.74) is 1.36. The van der Waals surface area contributed by atoms with E-state index < -0.39 is 0 Å². The summed E-state index contributed by atoms with van der Waals surface area (Å²) >= 11 is 0. The second kappa shape index (κ2) is 4.50. The molecule has 1 aliphatic rings. The maximum absolute atomic E-state index is 5.38. The van der Waals surface area contributed by atoms with Crippen molar-refractivity contribution in [1.29, 1.82) is 0 Å². The fraction of sp³-hybridized carbons (Fsp3) is 0.538. The van der Waals surface area contributed by atoms with Gasteiger partial charge in [-0.05, 0) is 42.5 Å². The predicted octanol–water partition coefficient (Wildman–Crippen LogP) is 3.54. The summed E-state index contributed by atoms with van der Waals surface area (Å²) in [6.07, 6.45) is 6.75. The fourth-order valence-electron chi connectivity index (χ4n) is 2.35. The summed E-state index contributed by atoms with van der Waals surface area (Å²) < 4.78 is 5.38. The average Bonchev–Trinajstić information content (AvgIpc) is 2.30. The van der Waals surface area contributed by atoms with E-state index in [9.17, 15) is 0 Å². The van der Waals surface area contributed by atoms with Crippen molar-refractivity contribution in [3.63, 3.8) is 0 Å². The number of hydrogen-bond acceptors (Lipinski definition) is 1. The summed E-state index contributed by atoms with van der Waals surface area (Å²) in [6.45, 7) is 0. The van der Waals surface area contributed by atoms with Crippen LogP contribution in [0.25, 0.3) is 0 Å². The summed E-state index contributed by atoms with van der Waals surface area (Å²) in [5.74, 6) is 1.74. The number of ether oxygens (including phenoxy) is 1. The topological polar surface area (TPSA) is 9.23 Å². The van der Waals surface area contributed by atoms with E-state index in [1.807, 2.05) is 12.1 Å². The SMILES string of the molecule is COc1cc[c]cc1C1CCCCC1. The Morgan fingerprint density at radius 3 is 2.79 bits per heavy atom. The zero-order valence-corrected chi connectivity index (χ0v) is 8.75. The van der Waals surface area contributed by atoms with Gasteiger partial charge in [0.2, 0.25) is 0 Å². The first kappa shape index (κ1) is 9.57. The van der Waals surface area contributed by atoms with Crippen LogP contribution in [0.1, 0.15) is 43.6 Å². The molecule has 1 radical (unpaired) electrons. The van der Waals surface area contributed by atoms with Crippen LogP contribution in [0.15, 0.2) is 18.2 Å². The summed E-state index contributed by atoms with van der Waals surface area (Å²) in [6, 6.07) is 9.18. The van der Waals surface area contributed by atoms with E-state index in [0.29, 0.717) is 5.92 Å². The lowest BCUT2D eigenvalue weighted by Crippen LogP contribution is -2.05. The highest BCUT2D eigenvalue weighted by molar-refractivity contribution is 5.35. The monoisotopic (exact) mass is 189 g/mol. The Bertz CT molecular complexity index is 287. The van der Waals surface area contributed by atoms with Gasteiger partial charge in [-0.25, -0.2) is 0 Å². The van der Waals surface area contributed by atoms with Gasteiger partial charge in [-0.2, -0.15) is 0 Å². The minimum Gasteiger partial charge on any atom is -0.496 e. The highest BCUT2D eigenvalue weighted by atomic mass is 16.5. The van der Waals surface area contributed by atoms with Crippen LogP contribution in [-0.2, 0) is 0 Å². The Morgan fingerprint density at radius 2 is 2.07 bits per heavy atom. The Balaban J connectivity index is 2.20. The Kier molecular flexibility index (Phi) is 3.07. The largest absolute Gasteiger partial charge is 0.496 e. The molecule has 14 heavy (non-hydrogen) atoms. The first-order valence-corrected chi connectivity index (χ1v) is 5.46. The van der Waals surface area contributed by atoms with Crippen molar-refractivity contribution < 1.29 is 4.74 Å². The Morgan fingerprint density at radius 1 is 1.29 bits per heavy atom. The van der Waals surface area contributed by atoms with Gasteiger partial charge < -0.3 is 4.74 Å². The minimum atomic E-state index is 0.705. The highest BCUT2D eigenvalue weighted by Crippen LogP contribution is 2.36. The molecule has 75 valence electrons. The smallest absolute Gasteiger partial charge is 0.122 e. The second-order valence-corrected chi connectivity index (χ2v) is 4.00. The van der Waals surface area contributed by atoms with E-state index in [4.69, 9.17) is 4.74 Å². The van der Waals surface area contributed by atoms with Crippen molar-refractivity contribution >= 4 is 0 Å². The lowest BCUT2D eigenvalue weighted by Gasteiger charge is -2.23. The van der Waals surface area contributed by atoms with E-state index in [1.54, 1.807) is 7.11 Å². The van der Waals surface area contributed by atoms with Gasteiger partial charge in [-0.3, -0.25) is 0 Å². The molecule has 1 aliphatic carbocycles. The quantitative estimate of drug-likeness (QED) is 0.691. The molecule has 2 rings (SSSR count). The first-order chi connectivity index (χ1) is 6.92. The molecule has 1 heteroatoms. The number of methoxy groups -OCH3 is 1. The normalized spacial score (nSPS) is 18.1. The van der Waals surface area contributed by atoms with Gasteiger partial charge in [0.25, 0.3) is 0 Å². The molecule has 1 nitrogen and oxygen atoms in total. The van der Waals surface area contributed by atoms with Crippen LogP contribution in [0, 0.1) is 6.07 Å². The molecule has 0 amide bonds. The molecule has 1 aromatic carbocycles. The number of benzene rings is 1. The molecule has 0 bridgehead atoms. The van der Waals surface area contributed by atoms with Crippen LogP contribution in [0.2, 0.25) is 0 Å². The fourth-order valence-corrected chi connectivity index (χ4v) is 2.35. The van der Waals surface area contributed by atoms with E-state index >= 15 is 0 Å². The van der Waals surface area contributed by atoms with Gasteiger partial charge in [0.15, 0.2) is 0 Å². The van der Waals surface area contributed by atoms with Gasteiger partial charge in [0.1, 0.15) is 5.75 Å². The standard InChI is InChI=1S/C13H17O/c1-14-13-10-6-5-9-12(13)11-7-3-2-4-8-11/h6,9-11H,2-4,7-8H2,1H3. The third-order valence-electron chi connectivity index (χ3n) is 3.12. The van der Waals surface area contributed by atoms with Crippen molar-refractivity contribution in [3.8, 4) is 5.75 Å². The van der Waals surface area contributed by atoms with E-state index in [1.165, 1.54) is 37.7 Å². The van der Waals surface area contributed by atoms with Crippen molar-refractivity contribution in [2.24, 2.45) is 0 Å². The van der Waals surface area contributed by atoms with Crippen LogP contribution < -0.4 is 4.74 Å². The van der Waals surface area contributed by atoms with Crippen molar-refractivity contribution in [2.45, 2.75) is 38.0 Å². The average molecular weight is 189 g/mol. The maximum Gasteiger partial charge on any atom is 0.122 e. The Hall–Kier alpha value is -0.980. The molecule has 0 heterocycles. The minimum absolute atomic E-state index is 0.705. The van der Waals surface area contributed by atoms with Gasteiger partial charge in [0, 0.05) is 0 Å². The lowest BCUT2D eigenvalue weighted by atomic mass is 9.84. The van der Waals surface area contributed by atoms with Crippen molar-refractivity contribution in [3.05, 3.63) is 29.8 Å². The summed E-state index contributed by atoms with van der Waals surface area (Å²) in [7, 11) is 1.75. The molecule has 0 spiro atoms. The molecule has 0 saturated heterocycles. The molecule has 0 aliphatic heterocycles.